The number of nitrogens with one attached hydrogen (secondary N) is 1. The lowest BCUT2D eigenvalue weighted by Crippen LogP contribution is -2.74. The summed E-state index contributed by atoms with van der Waals surface area (Å²) in [5, 5.41) is 11.4. The number of hydrogen-bond donors (Lipinski definition) is 1. The van der Waals surface area contributed by atoms with Crippen LogP contribution in [0.5, 0.6) is 5.75 Å². The zero-order valence-corrected chi connectivity index (χ0v) is 17.3. The van der Waals surface area contributed by atoms with Gasteiger partial charge in [0, 0.05) is 16.9 Å². The van der Waals surface area contributed by atoms with Crippen LogP contribution in [0.2, 0.25) is 5.02 Å². The van der Waals surface area contributed by atoms with E-state index in [2.05, 4.69) is 48.1 Å². The lowest BCUT2D eigenvalue weighted by atomic mass is 9.49. The molecule has 0 aliphatic heterocycles. The van der Waals surface area contributed by atoms with E-state index in [4.69, 9.17) is 22.9 Å². The molecule has 1 fully saturated rings. The Hall–Kier alpha value is -2.65. The first kappa shape index (κ1) is 20.1. The summed E-state index contributed by atoms with van der Waals surface area (Å²) >= 11 is 6.13. The van der Waals surface area contributed by atoms with Crippen molar-refractivity contribution in [2.45, 2.75) is 46.8 Å². The molecule has 1 aromatic heterocycles. The minimum Gasteiger partial charge on any atom is -0.489 e. The number of ether oxygens (including phenoxy) is 1. The van der Waals surface area contributed by atoms with Crippen LogP contribution in [0.1, 0.15) is 43.9 Å². The summed E-state index contributed by atoms with van der Waals surface area (Å²) in [6.45, 7) is 17.2. The second kappa shape index (κ2) is 7.06. The van der Waals surface area contributed by atoms with Crippen molar-refractivity contribution in [2.24, 2.45) is 10.8 Å². The van der Waals surface area contributed by atoms with E-state index in [1.807, 2.05) is 6.92 Å². The second-order valence-corrected chi connectivity index (χ2v) is 8.74. The monoisotopic (exact) mass is 398 g/mol. The molecule has 1 saturated carbocycles. The fraction of sp³-hybridized carbons (Fsp3) is 0.429. The molecule has 1 N–H and O–H groups in total. The molecule has 6 nitrogen and oxygen atoms in total. The van der Waals surface area contributed by atoms with Crippen LogP contribution in [-0.2, 0) is 0 Å². The van der Waals surface area contributed by atoms with Crippen molar-refractivity contribution in [1.82, 2.24) is 15.5 Å². The van der Waals surface area contributed by atoms with Crippen molar-refractivity contribution < 1.29 is 9.53 Å². The maximum absolute atomic E-state index is 12.6. The molecule has 28 heavy (non-hydrogen) atoms. The Morgan fingerprint density at radius 2 is 1.86 bits per heavy atom. The van der Waals surface area contributed by atoms with Gasteiger partial charge in [0.2, 0.25) is 5.69 Å². The van der Waals surface area contributed by atoms with Gasteiger partial charge in [0.1, 0.15) is 11.9 Å². The van der Waals surface area contributed by atoms with E-state index in [1.54, 1.807) is 30.3 Å². The number of benzene rings is 1. The highest BCUT2D eigenvalue weighted by Gasteiger charge is 2.64. The Labute approximate surface area is 170 Å². The smallest absolute Gasteiger partial charge is 0.272 e. The molecule has 0 saturated heterocycles. The van der Waals surface area contributed by atoms with Crippen molar-refractivity contribution in [3.05, 3.63) is 58.2 Å². The van der Waals surface area contributed by atoms with Crippen LogP contribution in [0.25, 0.3) is 4.85 Å². The van der Waals surface area contributed by atoms with Gasteiger partial charge in [-0.05, 0) is 31.2 Å². The number of amides is 1. The quantitative estimate of drug-likeness (QED) is 0.764. The molecule has 7 heteroatoms. The third-order valence-electron chi connectivity index (χ3n) is 5.44. The predicted molar refractivity (Wildman–Crippen MR) is 108 cm³/mol. The van der Waals surface area contributed by atoms with Crippen molar-refractivity contribution in [2.75, 3.05) is 0 Å². The first-order chi connectivity index (χ1) is 13.1. The van der Waals surface area contributed by atoms with E-state index in [-0.39, 0.29) is 28.9 Å². The zero-order chi connectivity index (χ0) is 20.7. The van der Waals surface area contributed by atoms with E-state index in [1.165, 1.54) is 0 Å². The van der Waals surface area contributed by atoms with Gasteiger partial charge in [0.15, 0.2) is 5.69 Å². The van der Waals surface area contributed by atoms with E-state index in [0.717, 1.165) is 5.69 Å². The van der Waals surface area contributed by atoms with E-state index < -0.39 is 0 Å². The number of aromatic nitrogens is 2. The number of nitrogens with zero attached hydrogens (tertiary/aromatic N) is 3. The third kappa shape index (κ3) is 3.43. The Morgan fingerprint density at radius 1 is 1.18 bits per heavy atom. The summed E-state index contributed by atoms with van der Waals surface area (Å²) in [6, 6.07) is 8.39. The first-order valence-corrected chi connectivity index (χ1v) is 9.40. The Morgan fingerprint density at radius 3 is 2.39 bits per heavy atom. The van der Waals surface area contributed by atoms with Crippen LogP contribution in [0.3, 0.4) is 0 Å². The van der Waals surface area contributed by atoms with Crippen LogP contribution < -0.4 is 10.1 Å². The fourth-order valence-corrected chi connectivity index (χ4v) is 4.53. The standard InChI is InChI=1S/C21H23ClN4O2/c1-12-7-9-16(26-25-12)17(27)24-18-20(2,3)19(21(18,4)5)28-13-8-10-15(23-6)14(22)11-13/h7-11,18-19H,1-5H3,(H,24,27). The van der Waals surface area contributed by atoms with Crippen LogP contribution in [-0.4, -0.2) is 28.3 Å². The van der Waals surface area contributed by atoms with E-state index in [9.17, 15) is 4.79 Å². The minimum atomic E-state index is -0.317. The zero-order valence-electron chi connectivity index (χ0n) is 16.6. The molecule has 0 unspecified atom stereocenters. The summed E-state index contributed by atoms with van der Waals surface area (Å²) < 4.78 is 6.23. The predicted octanol–water partition coefficient (Wildman–Crippen LogP) is 4.60. The van der Waals surface area contributed by atoms with Gasteiger partial charge in [0.05, 0.1) is 17.3 Å². The fourth-order valence-electron chi connectivity index (χ4n) is 4.31. The number of rotatable bonds is 4. The van der Waals surface area contributed by atoms with Gasteiger partial charge in [-0.1, -0.05) is 45.4 Å². The molecule has 1 heterocycles. The van der Waals surface area contributed by atoms with Gasteiger partial charge in [-0.25, -0.2) is 4.85 Å². The molecule has 1 aliphatic rings. The highest BCUT2D eigenvalue weighted by atomic mass is 35.5. The molecule has 1 amide bonds. The minimum absolute atomic E-state index is 0.112. The Bertz CT molecular complexity index is 932. The molecule has 3 rings (SSSR count). The lowest BCUT2D eigenvalue weighted by molar-refractivity contribution is -0.164. The average Bonchev–Trinajstić information content (AvgIpc) is 2.64. The summed E-state index contributed by atoms with van der Waals surface area (Å²) in [7, 11) is 0. The Balaban J connectivity index is 1.76. The maximum Gasteiger partial charge on any atom is 0.272 e. The van der Waals surface area contributed by atoms with Gasteiger partial charge in [0.25, 0.3) is 5.91 Å². The lowest BCUT2D eigenvalue weighted by Gasteiger charge is -2.63. The number of hydrogen-bond acceptors (Lipinski definition) is 4. The summed E-state index contributed by atoms with van der Waals surface area (Å²) in [5.41, 5.74) is 0.815. The topological polar surface area (TPSA) is 68.5 Å². The third-order valence-corrected chi connectivity index (χ3v) is 5.74. The molecule has 0 atom stereocenters. The molecular weight excluding hydrogens is 376 g/mol. The first-order valence-electron chi connectivity index (χ1n) is 9.02. The Kier molecular flexibility index (Phi) is 5.07. The van der Waals surface area contributed by atoms with Crippen molar-refractivity contribution in [1.29, 1.82) is 0 Å². The number of aryl methyl sites for hydroxylation is 1. The van der Waals surface area contributed by atoms with Gasteiger partial charge in [-0.2, -0.15) is 5.10 Å². The van der Waals surface area contributed by atoms with E-state index >= 15 is 0 Å². The summed E-state index contributed by atoms with van der Waals surface area (Å²) in [4.78, 5) is 16.0. The highest BCUT2D eigenvalue weighted by molar-refractivity contribution is 6.33. The summed E-state index contributed by atoms with van der Waals surface area (Å²) in [5.74, 6) is 0.360. The SMILES string of the molecule is [C-]#[N+]c1ccc(OC2C(C)(C)C(NC(=O)c3ccc(C)nn3)C2(C)C)cc1Cl. The molecule has 0 bridgehead atoms. The largest absolute Gasteiger partial charge is 0.489 e. The van der Waals surface area contributed by atoms with Crippen LogP contribution in [0.4, 0.5) is 5.69 Å². The maximum atomic E-state index is 12.6. The molecule has 0 spiro atoms. The molecule has 0 radical (unpaired) electrons. The van der Waals surface area contributed by atoms with Crippen molar-refractivity contribution in [3.8, 4) is 5.75 Å². The molecule has 2 aromatic rings. The van der Waals surface area contributed by atoms with Crippen LogP contribution in [0.15, 0.2) is 30.3 Å². The number of carbonyl (C=O) groups is 1. The number of carbonyl (C=O) groups excluding carboxylic acids is 1. The van der Waals surface area contributed by atoms with Crippen LogP contribution >= 0.6 is 11.6 Å². The van der Waals surface area contributed by atoms with Gasteiger partial charge in [-0.15, -0.1) is 5.10 Å². The average molecular weight is 399 g/mol. The van der Waals surface area contributed by atoms with E-state index in [0.29, 0.717) is 22.2 Å². The highest BCUT2D eigenvalue weighted by Crippen LogP contribution is 2.55. The second-order valence-electron chi connectivity index (χ2n) is 8.33. The molecule has 1 aromatic carbocycles. The molecule has 1 aliphatic carbocycles. The molecular formula is C21H23ClN4O2. The van der Waals surface area contributed by atoms with Gasteiger partial charge in [-0.3, -0.25) is 4.79 Å². The number of halogens is 1. The van der Waals surface area contributed by atoms with Crippen molar-refractivity contribution >= 4 is 23.2 Å². The van der Waals surface area contributed by atoms with Crippen LogP contribution in [0, 0.1) is 24.3 Å². The molecule has 146 valence electrons. The van der Waals surface area contributed by atoms with Crippen molar-refractivity contribution in [3.63, 3.8) is 0 Å². The summed E-state index contributed by atoms with van der Waals surface area (Å²) in [6.07, 6.45) is -0.149. The van der Waals surface area contributed by atoms with Gasteiger partial charge < -0.3 is 10.1 Å². The van der Waals surface area contributed by atoms with Gasteiger partial charge >= 0.3 is 0 Å². The normalized spacial score (nSPS) is 21.9.